The van der Waals surface area contributed by atoms with Crippen LogP contribution < -0.4 is 0 Å². The van der Waals surface area contributed by atoms with Crippen molar-refractivity contribution in [2.24, 2.45) is 0 Å². The molecule has 0 saturated heterocycles. The van der Waals surface area contributed by atoms with E-state index in [1.54, 1.807) is 0 Å². The Morgan fingerprint density at radius 3 is 2.69 bits per heavy atom. The fraction of sp³-hybridized carbons (Fsp3) is 0.250. The first-order chi connectivity index (χ1) is 6.15. The molecular formula is C8H7BrF2OS. The maximum atomic E-state index is 13.1. The number of ether oxygens (including phenoxy) is 1. The Morgan fingerprint density at radius 2 is 2.08 bits per heavy atom. The summed E-state index contributed by atoms with van der Waals surface area (Å²) in [5.74, 6) is -0.617. The van der Waals surface area contributed by atoms with Crippen LogP contribution in [0, 0.1) is 11.6 Å². The fourth-order valence-electron chi connectivity index (χ4n) is 0.737. The smallest absolute Gasteiger partial charge is 0.138 e. The monoisotopic (exact) mass is 268 g/mol. The number of hydrogen-bond acceptors (Lipinski definition) is 2. The van der Waals surface area contributed by atoms with Crippen LogP contribution in [0.4, 0.5) is 8.78 Å². The van der Waals surface area contributed by atoms with E-state index in [1.165, 1.54) is 7.11 Å². The lowest BCUT2D eigenvalue weighted by Gasteiger charge is -2.03. The van der Waals surface area contributed by atoms with Crippen molar-refractivity contribution in [3.05, 3.63) is 28.2 Å². The molecular weight excluding hydrogens is 262 g/mol. The molecule has 72 valence electrons. The Balaban J connectivity index is 2.88. The van der Waals surface area contributed by atoms with Crippen molar-refractivity contribution in [3.63, 3.8) is 0 Å². The van der Waals surface area contributed by atoms with E-state index in [-0.39, 0.29) is 9.37 Å². The highest BCUT2D eigenvalue weighted by Gasteiger charge is 2.07. The molecule has 0 atom stereocenters. The minimum Gasteiger partial charge on any atom is -0.374 e. The zero-order valence-electron chi connectivity index (χ0n) is 6.81. The molecule has 1 aromatic rings. The maximum absolute atomic E-state index is 13.1. The topological polar surface area (TPSA) is 9.23 Å². The normalized spacial score (nSPS) is 10.5. The summed E-state index contributed by atoms with van der Waals surface area (Å²) in [5.41, 5.74) is 0. The number of hydrogen-bond donors (Lipinski definition) is 0. The third-order valence-corrected chi connectivity index (χ3v) is 2.89. The molecule has 0 aliphatic rings. The average molecular weight is 269 g/mol. The molecule has 0 bridgehead atoms. The van der Waals surface area contributed by atoms with Crippen molar-refractivity contribution in [2.75, 3.05) is 13.0 Å². The highest BCUT2D eigenvalue weighted by atomic mass is 79.9. The van der Waals surface area contributed by atoms with Gasteiger partial charge in [0, 0.05) is 12.0 Å². The summed E-state index contributed by atoms with van der Waals surface area (Å²) in [6, 6.07) is 2.25. The van der Waals surface area contributed by atoms with E-state index in [0.717, 1.165) is 23.9 Å². The van der Waals surface area contributed by atoms with Crippen molar-refractivity contribution in [2.45, 2.75) is 4.90 Å². The third-order valence-electron chi connectivity index (χ3n) is 1.31. The Labute approximate surface area is 87.6 Å². The molecule has 5 heteroatoms. The summed E-state index contributed by atoms with van der Waals surface area (Å²) in [4.78, 5) is 0.252. The van der Waals surface area contributed by atoms with Gasteiger partial charge < -0.3 is 4.74 Å². The van der Waals surface area contributed by atoms with Crippen LogP contribution >= 0.6 is 27.7 Å². The molecule has 0 spiro atoms. The average Bonchev–Trinajstić information content (AvgIpc) is 2.09. The van der Waals surface area contributed by atoms with Gasteiger partial charge in [-0.3, -0.25) is 0 Å². The predicted octanol–water partition coefficient (Wildman–Crippen LogP) is 3.42. The van der Waals surface area contributed by atoms with Gasteiger partial charge in [0.2, 0.25) is 0 Å². The van der Waals surface area contributed by atoms with E-state index in [0.29, 0.717) is 5.94 Å². The lowest BCUT2D eigenvalue weighted by molar-refractivity contribution is 0.258. The molecule has 0 amide bonds. The van der Waals surface area contributed by atoms with E-state index in [2.05, 4.69) is 15.9 Å². The highest BCUT2D eigenvalue weighted by molar-refractivity contribution is 9.10. The second-order valence-electron chi connectivity index (χ2n) is 2.25. The molecule has 0 unspecified atom stereocenters. The van der Waals surface area contributed by atoms with Crippen LogP contribution in [-0.2, 0) is 4.74 Å². The van der Waals surface area contributed by atoms with Crippen LogP contribution in [-0.4, -0.2) is 13.0 Å². The van der Waals surface area contributed by atoms with Gasteiger partial charge in [0.15, 0.2) is 0 Å². The fourth-order valence-corrected chi connectivity index (χ4v) is 1.68. The van der Waals surface area contributed by atoms with Gasteiger partial charge >= 0.3 is 0 Å². The van der Waals surface area contributed by atoms with Crippen molar-refractivity contribution in [1.29, 1.82) is 0 Å². The van der Waals surface area contributed by atoms with Gasteiger partial charge in [-0.05, 0) is 28.1 Å². The third kappa shape index (κ3) is 2.93. The first kappa shape index (κ1) is 10.9. The molecule has 1 nitrogen and oxygen atoms in total. The summed E-state index contributed by atoms with van der Waals surface area (Å²) in [6.45, 7) is 0. The molecule has 0 aromatic heterocycles. The number of benzene rings is 1. The first-order valence-corrected chi connectivity index (χ1v) is 5.19. The largest absolute Gasteiger partial charge is 0.374 e. The number of rotatable bonds is 3. The SMILES string of the molecule is COCSc1cc(F)c(Br)cc1F. The van der Waals surface area contributed by atoms with Crippen molar-refractivity contribution >= 4 is 27.7 Å². The van der Waals surface area contributed by atoms with Crippen molar-refractivity contribution < 1.29 is 13.5 Å². The minimum absolute atomic E-state index is 0.131. The minimum atomic E-state index is -0.472. The van der Waals surface area contributed by atoms with Crippen molar-refractivity contribution in [3.8, 4) is 0 Å². The molecule has 13 heavy (non-hydrogen) atoms. The van der Waals surface area contributed by atoms with Crippen LogP contribution in [0.2, 0.25) is 0 Å². The Kier molecular flexibility index (Phi) is 4.15. The molecule has 0 aliphatic heterocycles. The molecule has 1 aromatic carbocycles. The Hall–Kier alpha value is -0.130. The molecule has 0 N–H and O–H groups in total. The van der Waals surface area contributed by atoms with Gasteiger partial charge in [0.1, 0.15) is 11.6 Å². The second kappa shape index (κ2) is 4.93. The maximum Gasteiger partial charge on any atom is 0.138 e. The summed E-state index contributed by atoms with van der Waals surface area (Å²) in [7, 11) is 1.50. The van der Waals surface area contributed by atoms with E-state index in [1.807, 2.05) is 0 Å². The van der Waals surface area contributed by atoms with Gasteiger partial charge in [-0.2, -0.15) is 0 Å². The van der Waals surface area contributed by atoms with E-state index >= 15 is 0 Å². The van der Waals surface area contributed by atoms with Gasteiger partial charge in [-0.15, -0.1) is 0 Å². The molecule has 0 fully saturated rings. The Bertz CT molecular complexity index is 306. The lowest BCUT2D eigenvalue weighted by atomic mass is 10.3. The van der Waals surface area contributed by atoms with Crippen LogP contribution in [0.1, 0.15) is 0 Å². The summed E-state index contributed by atoms with van der Waals surface area (Å²) < 4.78 is 30.9. The molecule has 0 radical (unpaired) electrons. The predicted molar refractivity (Wildman–Crippen MR) is 51.8 cm³/mol. The lowest BCUT2D eigenvalue weighted by Crippen LogP contribution is -1.88. The van der Waals surface area contributed by atoms with Crippen LogP contribution in [0.25, 0.3) is 0 Å². The highest BCUT2D eigenvalue weighted by Crippen LogP contribution is 2.27. The zero-order chi connectivity index (χ0) is 9.84. The van der Waals surface area contributed by atoms with Crippen LogP contribution in [0.3, 0.4) is 0 Å². The van der Waals surface area contributed by atoms with Crippen LogP contribution in [0.5, 0.6) is 0 Å². The van der Waals surface area contributed by atoms with Gasteiger partial charge in [-0.25, -0.2) is 8.78 Å². The quantitative estimate of drug-likeness (QED) is 0.472. The molecule has 0 heterocycles. The van der Waals surface area contributed by atoms with Crippen molar-refractivity contribution in [1.82, 2.24) is 0 Å². The van der Waals surface area contributed by atoms with E-state index in [4.69, 9.17) is 4.74 Å². The summed E-state index contributed by atoms with van der Waals surface area (Å²) in [5, 5.41) is 0. The van der Waals surface area contributed by atoms with Gasteiger partial charge in [0.05, 0.1) is 10.4 Å². The zero-order valence-corrected chi connectivity index (χ0v) is 9.21. The standard InChI is InChI=1S/C8H7BrF2OS/c1-12-4-13-8-3-6(10)5(9)2-7(8)11/h2-3H,4H2,1H3. The van der Waals surface area contributed by atoms with Gasteiger partial charge in [0.25, 0.3) is 0 Å². The number of thioether (sulfide) groups is 1. The van der Waals surface area contributed by atoms with E-state index < -0.39 is 11.6 Å². The summed E-state index contributed by atoms with van der Waals surface area (Å²) >= 11 is 4.00. The first-order valence-electron chi connectivity index (χ1n) is 3.41. The second-order valence-corrected chi connectivity index (χ2v) is 4.07. The van der Waals surface area contributed by atoms with E-state index in [9.17, 15) is 8.78 Å². The molecule has 1 rings (SSSR count). The van der Waals surface area contributed by atoms with Crippen LogP contribution in [0.15, 0.2) is 21.5 Å². The molecule has 0 aliphatic carbocycles. The van der Waals surface area contributed by atoms with Gasteiger partial charge in [-0.1, -0.05) is 11.8 Å². The molecule has 0 saturated carbocycles. The number of methoxy groups -OCH3 is 1. The summed E-state index contributed by atoms with van der Waals surface area (Å²) in [6.07, 6.45) is 0. The Morgan fingerprint density at radius 1 is 1.38 bits per heavy atom. The number of halogens is 3.